The van der Waals surface area contributed by atoms with Crippen LogP contribution in [0.25, 0.3) is 0 Å². The molecule has 94 valence electrons. The number of methoxy groups -OCH3 is 1. The molecule has 1 aliphatic heterocycles. The molecule has 0 bridgehead atoms. The Bertz CT molecular complexity index is 264. The highest BCUT2D eigenvalue weighted by molar-refractivity contribution is 4.98. The van der Waals surface area contributed by atoms with Crippen LogP contribution in [0.1, 0.15) is 47.0 Å². The van der Waals surface area contributed by atoms with E-state index in [0.29, 0.717) is 5.92 Å². The van der Waals surface area contributed by atoms with Crippen LogP contribution < -0.4 is 0 Å². The average Bonchev–Trinajstić information content (AvgIpc) is 2.46. The fraction of sp³-hybridized carbons (Fsp3) is 1.00. The Morgan fingerprint density at radius 1 is 1.12 bits per heavy atom. The van der Waals surface area contributed by atoms with Crippen molar-refractivity contribution in [1.82, 2.24) is 0 Å². The molecule has 0 N–H and O–H groups in total. The highest BCUT2D eigenvalue weighted by Gasteiger charge is 2.52. The predicted octanol–water partition coefficient (Wildman–Crippen LogP) is 2.73. The number of hydrogen-bond acceptors (Lipinski definition) is 3. The molecule has 3 heteroatoms. The standard InChI is InChI=1S/C13H24O3/c1-9-6-7-10-11(13(4,8-9)14-5)16-12(2,3)15-10/h9-11H,6-8H2,1-5H3/t9-,10+,11+,13-/m1/s1. The molecule has 2 fully saturated rings. The van der Waals surface area contributed by atoms with Crippen LogP contribution in [-0.2, 0) is 14.2 Å². The maximum atomic E-state index is 6.04. The third-order valence-electron chi connectivity index (χ3n) is 3.95. The number of fused-ring (bicyclic) bond motifs is 1. The predicted molar refractivity (Wildman–Crippen MR) is 62.3 cm³/mol. The Labute approximate surface area is 98.4 Å². The lowest BCUT2D eigenvalue weighted by Crippen LogP contribution is -2.46. The molecule has 0 amide bonds. The highest BCUT2D eigenvalue weighted by atomic mass is 16.8. The molecular formula is C13H24O3. The van der Waals surface area contributed by atoms with Crippen LogP contribution in [0.2, 0.25) is 0 Å². The minimum absolute atomic E-state index is 0.0671. The van der Waals surface area contributed by atoms with Gasteiger partial charge in [0.05, 0.1) is 11.7 Å². The Hall–Kier alpha value is -0.120. The van der Waals surface area contributed by atoms with Gasteiger partial charge >= 0.3 is 0 Å². The van der Waals surface area contributed by atoms with Gasteiger partial charge in [-0.1, -0.05) is 6.92 Å². The van der Waals surface area contributed by atoms with Crippen LogP contribution in [-0.4, -0.2) is 30.7 Å². The lowest BCUT2D eigenvalue weighted by atomic mass is 9.89. The summed E-state index contributed by atoms with van der Waals surface area (Å²) in [4.78, 5) is 0. The molecule has 0 aromatic rings. The molecule has 0 aromatic heterocycles. The van der Waals surface area contributed by atoms with Crippen LogP contribution in [0.3, 0.4) is 0 Å². The molecular weight excluding hydrogens is 204 g/mol. The summed E-state index contributed by atoms with van der Waals surface area (Å²) in [5.74, 6) is 0.209. The second kappa shape index (κ2) is 3.97. The van der Waals surface area contributed by atoms with Gasteiger partial charge in [0.1, 0.15) is 6.10 Å². The van der Waals surface area contributed by atoms with Crippen molar-refractivity contribution in [2.45, 2.75) is 70.6 Å². The van der Waals surface area contributed by atoms with E-state index in [-0.39, 0.29) is 17.8 Å². The Morgan fingerprint density at radius 2 is 1.81 bits per heavy atom. The third-order valence-corrected chi connectivity index (χ3v) is 3.95. The highest BCUT2D eigenvalue weighted by Crippen LogP contribution is 2.43. The summed E-state index contributed by atoms with van der Waals surface area (Å²) in [6.07, 6.45) is 3.57. The second-order valence-corrected chi connectivity index (χ2v) is 6.00. The molecule has 1 heterocycles. The van der Waals surface area contributed by atoms with Gasteiger partial charge in [-0.15, -0.1) is 0 Å². The van der Waals surface area contributed by atoms with Crippen molar-refractivity contribution in [3.63, 3.8) is 0 Å². The summed E-state index contributed by atoms with van der Waals surface area (Å²) >= 11 is 0. The molecule has 1 saturated heterocycles. The SMILES string of the molecule is CO[C@]1(C)C[C@H](C)CC[C@@H]2OC(C)(C)O[C@@H]21. The quantitative estimate of drug-likeness (QED) is 0.690. The van der Waals surface area contributed by atoms with Gasteiger partial charge in [0, 0.05) is 7.11 Å². The Morgan fingerprint density at radius 3 is 2.44 bits per heavy atom. The largest absolute Gasteiger partial charge is 0.376 e. The van der Waals surface area contributed by atoms with E-state index in [0.717, 1.165) is 12.8 Å². The topological polar surface area (TPSA) is 27.7 Å². The fourth-order valence-electron chi connectivity index (χ4n) is 3.12. The molecule has 1 saturated carbocycles. The van der Waals surface area contributed by atoms with Crippen molar-refractivity contribution >= 4 is 0 Å². The summed E-state index contributed by atoms with van der Waals surface area (Å²) < 4.78 is 17.7. The minimum atomic E-state index is -0.463. The monoisotopic (exact) mass is 228 g/mol. The van der Waals surface area contributed by atoms with Gasteiger partial charge in [-0.3, -0.25) is 0 Å². The number of ether oxygens (including phenoxy) is 3. The van der Waals surface area contributed by atoms with E-state index in [4.69, 9.17) is 14.2 Å². The molecule has 2 rings (SSSR count). The second-order valence-electron chi connectivity index (χ2n) is 6.00. The molecule has 4 atom stereocenters. The van der Waals surface area contributed by atoms with Gasteiger partial charge in [0.15, 0.2) is 5.79 Å². The molecule has 2 aliphatic rings. The maximum absolute atomic E-state index is 6.04. The van der Waals surface area contributed by atoms with Crippen molar-refractivity contribution in [1.29, 1.82) is 0 Å². The number of hydrogen-bond donors (Lipinski definition) is 0. The van der Waals surface area contributed by atoms with Crippen LogP contribution in [0.5, 0.6) is 0 Å². The summed E-state index contributed by atoms with van der Waals surface area (Å²) in [6, 6.07) is 0. The van der Waals surface area contributed by atoms with Crippen LogP contribution in [0, 0.1) is 5.92 Å². The normalized spacial score (nSPS) is 47.4. The minimum Gasteiger partial charge on any atom is -0.376 e. The fourth-order valence-corrected chi connectivity index (χ4v) is 3.12. The van der Waals surface area contributed by atoms with Crippen LogP contribution in [0.15, 0.2) is 0 Å². The molecule has 0 radical (unpaired) electrons. The van der Waals surface area contributed by atoms with Gasteiger partial charge in [-0.2, -0.15) is 0 Å². The molecule has 1 aliphatic carbocycles. The molecule has 0 unspecified atom stereocenters. The van der Waals surface area contributed by atoms with Gasteiger partial charge in [0.2, 0.25) is 0 Å². The third kappa shape index (κ3) is 2.13. The summed E-state index contributed by atoms with van der Waals surface area (Å²) in [7, 11) is 1.78. The zero-order valence-electron chi connectivity index (χ0n) is 11.1. The lowest BCUT2D eigenvalue weighted by Gasteiger charge is -2.35. The van der Waals surface area contributed by atoms with E-state index in [1.165, 1.54) is 6.42 Å². The van der Waals surface area contributed by atoms with Crippen LogP contribution >= 0.6 is 0 Å². The van der Waals surface area contributed by atoms with Gasteiger partial charge < -0.3 is 14.2 Å². The molecule has 0 aromatic carbocycles. The van der Waals surface area contributed by atoms with Crippen molar-refractivity contribution < 1.29 is 14.2 Å². The number of rotatable bonds is 1. The lowest BCUT2D eigenvalue weighted by molar-refractivity contribution is -0.178. The first kappa shape index (κ1) is 12.3. The molecule has 3 nitrogen and oxygen atoms in total. The molecule has 16 heavy (non-hydrogen) atoms. The molecule has 0 spiro atoms. The van der Waals surface area contributed by atoms with Crippen molar-refractivity contribution in [2.24, 2.45) is 5.92 Å². The first-order valence-electron chi connectivity index (χ1n) is 6.27. The summed E-state index contributed by atoms with van der Waals surface area (Å²) in [5, 5.41) is 0. The summed E-state index contributed by atoms with van der Waals surface area (Å²) in [6.45, 7) is 8.41. The zero-order valence-corrected chi connectivity index (χ0v) is 11.1. The Kier molecular flexibility index (Phi) is 3.06. The van der Waals surface area contributed by atoms with Crippen molar-refractivity contribution in [3.05, 3.63) is 0 Å². The van der Waals surface area contributed by atoms with E-state index < -0.39 is 5.79 Å². The van der Waals surface area contributed by atoms with Gasteiger partial charge in [0.25, 0.3) is 0 Å². The smallest absolute Gasteiger partial charge is 0.163 e. The van der Waals surface area contributed by atoms with Crippen LogP contribution in [0.4, 0.5) is 0 Å². The first-order chi connectivity index (χ1) is 7.36. The van der Waals surface area contributed by atoms with Gasteiger partial charge in [-0.25, -0.2) is 0 Å². The zero-order chi connectivity index (χ0) is 12.0. The van der Waals surface area contributed by atoms with E-state index in [1.54, 1.807) is 7.11 Å². The van der Waals surface area contributed by atoms with Crippen molar-refractivity contribution in [3.8, 4) is 0 Å². The first-order valence-corrected chi connectivity index (χ1v) is 6.27. The Balaban J connectivity index is 2.23. The van der Waals surface area contributed by atoms with E-state index >= 15 is 0 Å². The van der Waals surface area contributed by atoms with Gasteiger partial charge in [-0.05, 0) is 46.0 Å². The van der Waals surface area contributed by atoms with Crippen molar-refractivity contribution in [2.75, 3.05) is 7.11 Å². The summed E-state index contributed by atoms with van der Waals surface area (Å²) in [5.41, 5.74) is -0.214. The van der Waals surface area contributed by atoms with E-state index in [9.17, 15) is 0 Å². The maximum Gasteiger partial charge on any atom is 0.163 e. The van der Waals surface area contributed by atoms with E-state index in [1.807, 2.05) is 13.8 Å². The average molecular weight is 228 g/mol. The van der Waals surface area contributed by atoms with E-state index in [2.05, 4.69) is 13.8 Å².